The molecule has 142 valence electrons. The lowest BCUT2D eigenvalue weighted by molar-refractivity contribution is -0.137. The Labute approximate surface area is 153 Å². The molecule has 0 atom stereocenters. The van der Waals surface area contributed by atoms with Gasteiger partial charge in [-0.15, -0.1) is 0 Å². The van der Waals surface area contributed by atoms with E-state index in [-0.39, 0.29) is 12.3 Å². The van der Waals surface area contributed by atoms with E-state index in [4.69, 9.17) is 9.63 Å². The van der Waals surface area contributed by atoms with E-state index in [1.54, 1.807) is 0 Å². The molecule has 0 aliphatic rings. The number of aromatic nitrogens is 2. The number of carbonyl (C=O) groups excluding carboxylic acids is 1. The molecule has 7 heteroatoms. The average molecular weight is 361 g/mol. The van der Waals surface area contributed by atoms with Crippen molar-refractivity contribution in [2.75, 3.05) is 6.54 Å². The molecule has 0 aliphatic carbocycles. The van der Waals surface area contributed by atoms with Crippen molar-refractivity contribution in [2.24, 2.45) is 0 Å². The van der Waals surface area contributed by atoms with Crippen molar-refractivity contribution in [3.05, 3.63) is 34.8 Å². The highest BCUT2D eigenvalue weighted by atomic mass is 16.5. The fraction of sp³-hybridized carbons (Fsp3) is 0.526. The minimum absolute atomic E-state index is 0.0876. The van der Waals surface area contributed by atoms with Crippen molar-refractivity contribution in [3.8, 4) is 5.82 Å². The van der Waals surface area contributed by atoms with Crippen molar-refractivity contribution >= 4 is 11.9 Å². The van der Waals surface area contributed by atoms with E-state index in [9.17, 15) is 9.59 Å². The zero-order valence-corrected chi connectivity index (χ0v) is 15.7. The molecular formula is C19H27N3O4. The predicted octanol–water partition coefficient (Wildman–Crippen LogP) is 3.55. The summed E-state index contributed by atoms with van der Waals surface area (Å²) in [6.07, 6.45) is 4.73. The Hall–Kier alpha value is -2.57. The number of carbonyl (C=O) groups is 2. The summed E-state index contributed by atoms with van der Waals surface area (Å²) in [5.41, 5.74) is 2.41. The van der Waals surface area contributed by atoms with Crippen molar-refractivity contribution in [3.63, 3.8) is 0 Å². The number of rotatable bonds is 10. The van der Waals surface area contributed by atoms with Gasteiger partial charge in [0.15, 0.2) is 5.82 Å². The summed E-state index contributed by atoms with van der Waals surface area (Å²) in [5, 5.41) is 15.6. The second kappa shape index (κ2) is 9.22. The van der Waals surface area contributed by atoms with Crippen LogP contribution in [0.15, 0.2) is 16.7 Å². The number of hydrogen-bond acceptors (Lipinski definition) is 4. The summed E-state index contributed by atoms with van der Waals surface area (Å²) < 4.78 is 7.04. The Morgan fingerprint density at radius 1 is 1.12 bits per heavy atom. The first kappa shape index (κ1) is 19.8. The summed E-state index contributed by atoms with van der Waals surface area (Å²) in [7, 11) is 0. The molecular weight excluding hydrogens is 334 g/mol. The third kappa shape index (κ3) is 5.21. The monoisotopic (exact) mass is 361 g/mol. The summed E-state index contributed by atoms with van der Waals surface area (Å²) in [4.78, 5) is 22.9. The Bertz CT molecular complexity index is 761. The molecule has 26 heavy (non-hydrogen) atoms. The van der Waals surface area contributed by atoms with Crippen molar-refractivity contribution in [2.45, 2.75) is 59.3 Å². The first-order valence-electron chi connectivity index (χ1n) is 9.02. The molecule has 0 unspecified atom stereocenters. The fourth-order valence-corrected chi connectivity index (χ4v) is 3.03. The van der Waals surface area contributed by atoms with Crippen LogP contribution in [-0.2, 0) is 4.79 Å². The van der Waals surface area contributed by atoms with Gasteiger partial charge < -0.3 is 14.9 Å². The van der Waals surface area contributed by atoms with Crippen LogP contribution in [0, 0.1) is 20.8 Å². The highest BCUT2D eigenvalue weighted by Gasteiger charge is 2.18. The molecule has 0 bridgehead atoms. The minimum atomic E-state index is -0.740. The van der Waals surface area contributed by atoms with E-state index in [2.05, 4.69) is 10.5 Å². The van der Waals surface area contributed by atoms with Crippen molar-refractivity contribution in [1.29, 1.82) is 0 Å². The number of nitrogens with zero attached hydrogens (tertiary/aromatic N) is 2. The lowest BCUT2D eigenvalue weighted by Gasteiger charge is -2.07. The Balaban J connectivity index is 1.80. The van der Waals surface area contributed by atoms with Gasteiger partial charge in [-0.25, -0.2) is 0 Å². The van der Waals surface area contributed by atoms with Gasteiger partial charge in [-0.05, 0) is 39.7 Å². The van der Waals surface area contributed by atoms with Crippen LogP contribution in [0.3, 0.4) is 0 Å². The smallest absolute Gasteiger partial charge is 0.303 e. The van der Waals surface area contributed by atoms with E-state index in [0.29, 0.717) is 17.9 Å². The number of carboxylic acids is 1. The average Bonchev–Trinajstić information content (AvgIpc) is 3.12. The van der Waals surface area contributed by atoms with E-state index >= 15 is 0 Å². The number of carboxylic acid groups (broad SMARTS) is 1. The number of hydrogen-bond donors (Lipinski definition) is 2. The van der Waals surface area contributed by atoms with Gasteiger partial charge in [-0.3, -0.25) is 14.2 Å². The van der Waals surface area contributed by atoms with Crippen LogP contribution in [0.4, 0.5) is 0 Å². The highest BCUT2D eigenvalue weighted by Crippen LogP contribution is 2.20. The largest absolute Gasteiger partial charge is 0.481 e. The molecule has 0 spiro atoms. The van der Waals surface area contributed by atoms with Gasteiger partial charge in [-0.2, -0.15) is 0 Å². The topological polar surface area (TPSA) is 97.4 Å². The first-order valence-corrected chi connectivity index (χ1v) is 9.02. The van der Waals surface area contributed by atoms with Gasteiger partial charge in [0.2, 0.25) is 0 Å². The van der Waals surface area contributed by atoms with Gasteiger partial charge in [0, 0.05) is 30.4 Å². The maximum Gasteiger partial charge on any atom is 0.303 e. The molecule has 0 aromatic carbocycles. The van der Waals surface area contributed by atoms with Crippen LogP contribution in [-0.4, -0.2) is 33.3 Å². The van der Waals surface area contributed by atoms with E-state index in [0.717, 1.165) is 49.3 Å². The van der Waals surface area contributed by atoms with Crippen LogP contribution in [0.2, 0.25) is 0 Å². The molecule has 2 aromatic rings. The predicted molar refractivity (Wildman–Crippen MR) is 97.7 cm³/mol. The molecule has 2 N–H and O–H groups in total. The molecule has 7 nitrogen and oxygen atoms in total. The van der Waals surface area contributed by atoms with E-state index in [1.165, 1.54) is 0 Å². The standard InChI is InChI=1S/C19H27N3O4/c1-13-11-16(15(3)22(13)17-12-14(2)26-21-17)19(25)20-10-8-6-4-5-7-9-18(23)24/h11-12H,4-10H2,1-3H3,(H,20,25)(H,23,24). The number of unbranched alkanes of at least 4 members (excludes halogenated alkanes) is 4. The molecule has 0 saturated carbocycles. The molecule has 0 saturated heterocycles. The second-order valence-electron chi connectivity index (χ2n) is 6.58. The van der Waals surface area contributed by atoms with Crippen LogP contribution in [0.1, 0.15) is 66.0 Å². The molecule has 0 radical (unpaired) electrons. The van der Waals surface area contributed by atoms with E-state index in [1.807, 2.05) is 37.5 Å². The molecule has 0 fully saturated rings. The lowest BCUT2D eigenvalue weighted by Crippen LogP contribution is -2.24. The summed E-state index contributed by atoms with van der Waals surface area (Å²) in [6, 6.07) is 3.70. The SMILES string of the molecule is Cc1cc(-n2c(C)cc(C(=O)NCCCCCCCC(=O)O)c2C)no1. The number of amides is 1. The highest BCUT2D eigenvalue weighted by molar-refractivity contribution is 5.95. The third-order valence-electron chi connectivity index (χ3n) is 4.37. The molecule has 2 heterocycles. The van der Waals surface area contributed by atoms with E-state index < -0.39 is 5.97 Å². The molecule has 2 aromatic heterocycles. The molecule has 2 rings (SSSR count). The van der Waals surface area contributed by atoms with Crippen molar-refractivity contribution < 1.29 is 19.2 Å². The Kier molecular flexibility index (Phi) is 7.00. The number of nitrogens with one attached hydrogen (secondary N) is 1. The van der Waals surface area contributed by atoms with Gasteiger partial charge in [0.25, 0.3) is 5.91 Å². The normalized spacial score (nSPS) is 10.9. The van der Waals surface area contributed by atoms with Gasteiger partial charge in [0.05, 0.1) is 5.56 Å². The van der Waals surface area contributed by atoms with Crippen molar-refractivity contribution in [1.82, 2.24) is 15.0 Å². The maximum atomic E-state index is 12.4. The van der Waals surface area contributed by atoms with Gasteiger partial charge >= 0.3 is 5.97 Å². The summed E-state index contributed by atoms with van der Waals surface area (Å²) >= 11 is 0. The summed E-state index contributed by atoms with van der Waals surface area (Å²) in [5.74, 6) is 0.575. The number of aliphatic carboxylic acids is 1. The van der Waals surface area contributed by atoms with Crippen LogP contribution in [0.25, 0.3) is 5.82 Å². The molecule has 0 aliphatic heterocycles. The van der Waals surface area contributed by atoms with Gasteiger partial charge in [0.1, 0.15) is 5.76 Å². The Morgan fingerprint density at radius 3 is 2.46 bits per heavy atom. The maximum absolute atomic E-state index is 12.4. The zero-order valence-electron chi connectivity index (χ0n) is 15.7. The van der Waals surface area contributed by atoms with Crippen LogP contribution in [0.5, 0.6) is 0 Å². The second-order valence-corrected chi connectivity index (χ2v) is 6.58. The third-order valence-corrected chi connectivity index (χ3v) is 4.37. The Morgan fingerprint density at radius 2 is 1.81 bits per heavy atom. The zero-order chi connectivity index (χ0) is 19.1. The quantitative estimate of drug-likeness (QED) is 0.631. The first-order chi connectivity index (χ1) is 12.4. The van der Waals surface area contributed by atoms with Crippen LogP contribution < -0.4 is 5.32 Å². The summed E-state index contributed by atoms with van der Waals surface area (Å²) in [6.45, 7) is 6.28. The minimum Gasteiger partial charge on any atom is -0.481 e. The molecule has 1 amide bonds. The number of aryl methyl sites for hydroxylation is 2. The van der Waals surface area contributed by atoms with Crippen LogP contribution >= 0.6 is 0 Å². The lowest BCUT2D eigenvalue weighted by atomic mass is 10.1. The fourth-order valence-electron chi connectivity index (χ4n) is 3.03. The van der Waals surface area contributed by atoms with Gasteiger partial charge in [-0.1, -0.05) is 24.4 Å².